The molecule has 4 heterocycles. The van der Waals surface area contributed by atoms with Crippen LogP contribution >= 0.6 is 11.3 Å². The van der Waals surface area contributed by atoms with Gasteiger partial charge >= 0.3 is 0 Å². The average Bonchev–Trinajstić information content (AvgIpc) is 3.09. The van der Waals surface area contributed by atoms with Gasteiger partial charge in [0.25, 0.3) is 0 Å². The van der Waals surface area contributed by atoms with Gasteiger partial charge in [-0.2, -0.15) is 4.52 Å². The van der Waals surface area contributed by atoms with Crippen molar-refractivity contribution in [2.75, 3.05) is 25.0 Å². The summed E-state index contributed by atoms with van der Waals surface area (Å²) >= 11 is 1.65. The summed E-state index contributed by atoms with van der Waals surface area (Å²) in [4.78, 5) is 7.86. The van der Waals surface area contributed by atoms with Gasteiger partial charge in [-0.05, 0) is 28.9 Å². The first-order valence-electron chi connectivity index (χ1n) is 6.40. The van der Waals surface area contributed by atoms with Gasteiger partial charge in [0.15, 0.2) is 5.82 Å². The number of likely N-dealkylation sites (N-methyl/N-ethyl adjacent to an activating group) is 1. The minimum absolute atomic E-state index is 0.518. The van der Waals surface area contributed by atoms with Crippen molar-refractivity contribution in [2.45, 2.75) is 6.04 Å². The summed E-state index contributed by atoms with van der Waals surface area (Å²) in [6, 6.07) is 4.57. The molecule has 0 bridgehead atoms. The Morgan fingerprint density at radius 3 is 3.05 bits per heavy atom. The third-order valence-corrected chi connectivity index (χ3v) is 4.46. The Bertz CT molecular complexity index is 729. The van der Waals surface area contributed by atoms with Gasteiger partial charge < -0.3 is 10.2 Å². The van der Waals surface area contributed by atoms with Crippen LogP contribution in [0.5, 0.6) is 0 Å². The maximum absolute atomic E-state index is 4.57. The van der Waals surface area contributed by atoms with Crippen LogP contribution in [0.4, 0.5) is 5.82 Å². The zero-order chi connectivity index (χ0) is 13.5. The lowest BCUT2D eigenvalue weighted by molar-refractivity contribution is 0.447. The van der Waals surface area contributed by atoms with E-state index in [-0.39, 0.29) is 0 Å². The van der Waals surface area contributed by atoms with Gasteiger partial charge in [-0.1, -0.05) is 6.07 Å². The largest absolute Gasteiger partial charge is 0.350 e. The molecule has 0 aromatic carbocycles. The molecular weight excluding hydrogens is 274 g/mol. The van der Waals surface area contributed by atoms with Gasteiger partial charge in [-0.3, -0.25) is 0 Å². The van der Waals surface area contributed by atoms with Crippen LogP contribution in [0, 0.1) is 0 Å². The lowest BCUT2D eigenvalue weighted by atomic mass is 10.1. The summed E-state index contributed by atoms with van der Waals surface area (Å²) < 4.78 is 1.76. The van der Waals surface area contributed by atoms with Crippen LogP contribution in [0.15, 0.2) is 23.7 Å². The Morgan fingerprint density at radius 1 is 1.40 bits per heavy atom. The standard InChI is InChI=1S/C12H13N7S/c1-13-8-6-18(7-8)11-12-15-16-17-19(12)9(5-14-11)10-3-2-4-20-10/h2-5,8,13H,6-7H2,1H3. The fraction of sp³-hybridized carbons (Fsp3) is 0.333. The van der Waals surface area contributed by atoms with E-state index in [2.05, 4.69) is 30.7 Å². The quantitative estimate of drug-likeness (QED) is 0.763. The molecular formula is C12H13N7S. The number of aromatic nitrogens is 5. The molecule has 1 saturated heterocycles. The first-order chi connectivity index (χ1) is 9.86. The Kier molecular flexibility index (Phi) is 2.64. The van der Waals surface area contributed by atoms with E-state index < -0.39 is 0 Å². The van der Waals surface area contributed by atoms with Crippen molar-refractivity contribution in [3.05, 3.63) is 23.7 Å². The van der Waals surface area contributed by atoms with Crippen LogP contribution in [0.2, 0.25) is 0 Å². The van der Waals surface area contributed by atoms with E-state index in [0.29, 0.717) is 11.7 Å². The fourth-order valence-corrected chi connectivity index (χ4v) is 3.09. The predicted octanol–water partition coefficient (Wildman–Crippen LogP) is 0.656. The van der Waals surface area contributed by atoms with Crippen molar-refractivity contribution in [2.24, 2.45) is 0 Å². The van der Waals surface area contributed by atoms with Crippen molar-refractivity contribution in [3.8, 4) is 10.6 Å². The van der Waals surface area contributed by atoms with Gasteiger partial charge in [-0.15, -0.1) is 16.4 Å². The second kappa shape index (κ2) is 4.50. The number of hydrogen-bond acceptors (Lipinski definition) is 7. The molecule has 0 atom stereocenters. The molecule has 0 aliphatic carbocycles. The van der Waals surface area contributed by atoms with Gasteiger partial charge in [0.05, 0.1) is 11.1 Å². The van der Waals surface area contributed by atoms with E-state index in [0.717, 1.165) is 29.5 Å². The number of nitrogens with one attached hydrogen (secondary N) is 1. The number of nitrogens with zero attached hydrogens (tertiary/aromatic N) is 6. The van der Waals surface area contributed by atoms with Gasteiger partial charge in [-0.25, -0.2) is 4.98 Å². The minimum Gasteiger partial charge on any atom is -0.350 e. The molecule has 3 aromatic rings. The molecule has 0 saturated carbocycles. The van der Waals surface area contributed by atoms with Crippen molar-refractivity contribution in [1.82, 2.24) is 30.3 Å². The fourth-order valence-electron chi connectivity index (χ4n) is 2.37. The third kappa shape index (κ3) is 1.69. The highest BCUT2D eigenvalue weighted by Gasteiger charge is 2.29. The highest BCUT2D eigenvalue weighted by atomic mass is 32.1. The molecule has 0 amide bonds. The van der Waals surface area contributed by atoms with Crippen molar-refractivity contribution in [1.29, 1.82) is 0 Å². The van der Waals surface area contributed by atoms with Gasteiger partial charge in [0.2, 0.25) is 5.65 Å². The highest BCUT2D eigenvalue weighted by molar-refractivity contribution is 7.13. The highest BCUT2D eigenvalue weighted by Crippen LogP contribution is 2.28. The minimum atomic E-state index is 0.518. The summed E-state index contributed by atoms with van der Waals surface area (Å²) in [5.74, 6) is 0.849. The molecule has 7 nitrogen and oxygen atoms in total. The second-order valence-corrected chi connectivity index (χ2v) is 5.70. The van der Waals surface area contributed by atoms with E-state index in [1.807, 2.05) is 30.8 Å². The summed E-state index contributed by atoms with van der Waals surface area (Å²) in [6.07, 6.45) is 1.84. The molecule has 1 aliphatic rings. The Hall–Kier alpha value is -2.06. The molecule has 1 aliphatic heterocycles. The van der Waals surface area contributed by atoms with E-state index in [9.17, 15) is 0 Å². The summed E-state index contributed by atoms with van der Waals surface area (Å²) in [6.45, 7) is 1.87. The smallest absolute Gasteiger partial charge is 0.222 e. The molecule has 102 valence electrons. The second-order valence-electron chi connectivity index (χ2n) is 4.75. The van der Waals surface area contributed by atoms with E-state index in [1.54, 1.807) is 15.9 Å². The van der Waals surface area contributed by atoms with E-state index in [1.165, 1.54) is 0 Å². The van der Waals surface area contributed by atoms with Crippen LogP contribution in [-0.4, -0.2) is 51.2 Å². The van der Waals surface area contributed by atoms with Crippen molar-refractivity contribution in [3.63, 3.8) is 0 Å². The predicted molar refractivity (Wildman–Crippen MR) is 77.0 cm³/mol. The molecule has 4 rings (SSSR count). The SMILES string of the molecule is CNC1CN(c2ncc(-c3cccs3)n3nnnc23)C1. The zero-order valence-electron chi connectivity index (χ0n) is 10.9. The van der Waals surface area contributed by atoms with Crippen LogP contribution in [0.25, 0.3) is 16.2 Å². The number of thiophene rings is 1. The molecule has 8 heteroatoms. The molecule has 0 unspecified atom stereocenters. The van der Waals surface area contributed by atoms with Crippen LogP contribution in [-0.2, 0) is 0 Å². The summed E-state index contributed by atoms with van der Waals surface area (Å²) in [7, 11) is 1.98. The lowest BCUT2D eigenvalue weighted by Crippen LogP contribution is -2.57. The monoisotopic (exact) mass is 287 g/mol. The maximum atomic E-state index is 4.57. The molecule has 0 spiro atoms. The van der Waals surface area contributed by atoms with E-state index in [4.69, 9.17) is 0 Å². The molecule has 3 aromatic heterocycles. The molecule has 20 heavy (non-hydrogen) atoms. The van der Waals surface area contributed by atoms with Gasteiger partial charge in [0.1, 0.15) is 5.69 Å². The van der Waals surface area contributed by atoms with Crippen molar-refractivity contribution < 1.29 is 0 Å². The Labute approximate surface area is 119 Å². The first kappa shape index (κ1) is 11.7. The number of fused-ring (bicyclic) bond motifs is 1. The lowest BCUT2D eigenvalue weighted by Gasteiger charge is -2.39. The van der Waals surface area contributed by atoms with Crippen molar-refractivity contribution >= 4 is 22.8 Å². The number of hydrogen-bond donors (Lipinski definition) is 1. The van der Waals surface area contributed by atoms with Crippen LogP contribution < -0.4 is 10.2 Å². The Balaban J connectivity index is 1.78. The first-order valence-corrected chi connectivity index (χ1v) is 7.28. The summed E-state index contributed by atoms with van der Waals surface area (Å²) in [5, 5.41) is 17.3. The number of rotatable bonds is 3. The van der Waals surface area contributed by atoms with Gasteiger partial charge in [0, 0.05) is 19.1 Å². The number of tetrazole rings is 1. The molecule has 1 N–H and O–H groups in total. The third-order valence-electron chi connectivity index (χ3n) is 3.57. The topological polar surface area (TPSA) is 71.2 Å². The molecule has 1 fully saturated rings. The Morgan fingerprint density at radius 2 is 2.30 bits per heavy atom. The zero-order valence-corrected chi connectivity index (χ0v) is 11.7. The maximum Gasteiger partial charge on any atom is 0.222 e. The van der Waals surface area contributed by atoms with Crippen LogP contribution in [0.3, 0.4) is 0 Å². The average molecular weight is 287 g/mol. The molecule has 0 radical (unpaired) electrons. The number of anilines is 1. The van der Waals surface area contributed by atoms with E-state index >= 15 is 0 Å². The normalized spacial score (nSPS) is 15.8. The van der Waals surface area contributed by atoms with Crippen LogP contribution in [0.1, 0.15) is 0 Å². The summed E-state index contributed by atoms with van der Waals surface area (Å²) in [5.41, 5.74) is 1.64.